The van der Waals surface area contributed by atoms with Crippen molar-refractivity contribution in [1.82, 2.24) is 9.97 Å². The van der Waals surface area contributed by atoms with E-state index in [-0.39, 0.29) is 5.69 Å². The van der Waals surface area contributed by atoms with E-state index >= 15 is 0 Å². The summed E-state index contributed by atoms with van der Waals surface area (Å²) in [4.78, 5) is 19.7. The zero-order valence-electron chi connectivity index (χ0n) is 15.9. The van der Waals surface area contributed by atoms with E-state index in [1.165, 1.54) is 6.20 Å². The number of rotatable bonds is 6. The Bertz CT molecular complexity index is 1130. The number of carbonyl (C=O) groups is 1. The normalized spacial score (nSPS) is 13.5. The summed E-state index contributed by atoms with van der Waals surface area (Å²) >= 11 is 9.52. The van der Waals surface area contributed by atoms with Gasteiger partial charge in [-0.2, -0.15) is 0 Å². The largest absolute Gasteiger partial charge is 0.488 e. The number of halogens is 2. The monoisotopic (exact) mass is 484 g/mol. The Labute approximate surface area is 187 Å². The van der Waals surface area contributed by atoms with Crippen LogP contribution in [0.15, 0.2) is 59.3 Å². The number of hydrogen-bond acceptors (Lipinski definition) is 4. The maximum absolute atomic E-state index is 11.3. The molecule has 0 spiro atoms. The zero-order chi connectivity index (χ0) is 21.1. The number of carboxylic acid groups (broad SMARTS) is 1. The predicted molar refractivity (Wildman–Crippen MR) is 120 cm³/mol. The van der Waals surface area contributed by atoms with Crippen molar-refractivity contribution in [3.63, 3.8) is 0 Å². The molecule has 4 rings (SSSR count). The van der Waals surface area contributed by atoms with Crippen LogP contribution in [0.5, 0.6) is 5.75 Å². The molecule has 1 N–H and O–H groups in total. The van der Waals surface area contributed by atoms with Gasteiger partial charge >= 0.3 is 5.97 Å². The lowest BCUT2D eigenvalue weighted by Crippen LogP contribution is -2.04. The van der Waals surface area contributed by atoms with Gasteiger partial charge in [-0.05, 0) is 66.3 Å². The van der Waals surface area contributed by atoms with Gasteiger partial charge in [-0.1, -0.05) is 39.7 Å². The Hall–Kier alpha value is -2.70. The van der Waals surface area contributed by atoms with Crippen LogP contribution in [-0.2, 0) is 6.61 Å². The lowest BCUT2D eigenvalue weighted by molar-refractivity contribution is 0.0690. The molecule has 0 atom stereocenters. The quantitative estimate of drug-likeness (QED) is 0.446. The molecule has 0 radical (unpaired) electrons. The molecule has 2 aromatic carbocycles. The second-order valence-electron chi connectivity index (χ2n) is 6.96. The zero-order valence-corrected chi connectivity index (χ0v) is 18.3. The molecule has 0 saturated heterocycles. The fraction of sp³-hybridized carbons (Fsp3) is 0.174. The van der Waals surface area contributed by atoms with Gasteiger partial charge in [0.15, 0.2) is 5.69 Å². The minimum Gasteiger partial charge on any atom is -0.488 e. The molecular weight excluding hydrogens is 468 g/mol. The number of ether oxygens (including phenoxy) is 1. The number of hydrogen-bond donors (Lipinski definition) is 1. The highest BCUT2D eigenvalue weighted by Gasteiger charge is 2.23. The third-order valence-corrected chi connectivity index (χ3v) is 5.70. The van der Waals surface area contributed by atoms with Crippen molar-refractivity contribution in [2.75, 3.05) is 0 Å². The minimum absolute atomic E-state index is 0.0558. The van der Waals surface area contributed by atoms with E-state index in [0.717, 1.165) is 51.8 Å². The Balaban J connectivity index is 1.70. The Morgan fingerprint density at radius 3 is 2.63 bits per heavy atom. The molecule has 152 valence electrons. The number of allylic oxidation sites excluding steroid dienone is 2. The highest BCUT2D eigenvalue weighted by molar-refractivity contribution is 9.10. The highest BCUT2D eigenvalue weighted by atomic mass is 79.9. The fourth-order valence-corrected chi connectivity index (χ4v) is 4.03. The first-order valence-electron chi connectivity index (χ1n) is 9.46. The van der Waals surface area contributed by atoms with Crippen LogP contribution in [0.2, 0.25) is 5.02 Å². The molecule has 3 aromatic rings. The average molecular weight is 486 g/mol. The van der Waals surface area contributed by atoms with Gasteiger partial charge in [0.05, 0.1) is 18.1 Å². The second kappa shape index (κ2) is 8.98. The molecule has 1 aliphatic rings. The number of carboxylic acids is 1. The lowest BCUT2D eigenvalue weighted by Gasteiger charge is -2.15. The third-order valence-electron chi connectivity index (χ3n) is 4.96. The summed E-state index contributed by atoms with van der Waals surface area (Å²) in [7, 11) is 0. The van der Waals surface area contributed by atoms with Gasteiger partial charge in [0, 0.05) is 15.1 Å². The van der Waals surface area contributed by atoms with Crippen LogP contribution in [0.4, 0.5) is 0 Å². The van der Waals surface area contributed by atoms with Crippen molar-refractivity contribution in [2.45, 2.75) is 25.9 Å². The Morgan fingerprint density at radius 1 is 1.10 bits per heavy atom. The molecule has 1 heterocycles. The molecule has 30 heavy (non-hydrogen) atoms. The fourth-order valence-electron chi connectivity index (χ4n) is 3.54. The van der Waals surface area contributed by atoms with E-state index in [9.17, 15) is 9.90 Å². The molecule has 5 nitrogen and oxygen atoms in total. The Kier molecular flexibility index (Phi) is 6.16. The molecular formula is C23H18BrClN2O3. The van der Waals surface area contributed by atoms with E-state index in [2.05, 4.69) is 25.9 Å². The molecule has 0 fully saturated rings. The molecule has 0 bridgehead atoms. The number of aromatic nitrogens is 2. The number of nitrogens with zero attached hydrogens (tertiary/aromatic N) is 2. The van der Waals surface area contributed by atoms with E-state index < -0.39 is 5.97 Å². The van der Waals surface area contributed by atoms with Crippen LogP contribution in [0.1, 0.15) is 46.6 Å². The van der Waals surface area contributed by atoms with Crippen LogP contribution in [0.25, 0.3) is 11.1 Å². The molecule has 1 aliphatic carbocycles. The van der Waals surface area contributed by atoms with E-state index in [0.29, 0.717) is 17.3 Å². The van der Waals surface area contributed by atoms with Gasteiger partial charge in [-0.15, -0.1) is 0 Å². The summed E-state index contributed by atoms with van der Waals surface area (Å²) in [6.07, 6.45) is 5.53. The predicted octanol–water partition coefficient (Wildman–Crippen LogP) is 6.26. The first kappa shape index (κ1) is 20.6. The van der Waals surface area contributed by atoms with Crippen LogP contribution >= 0.6 is 27.5 Å². The Morgan fingerprint density at radius 2 is 1.87 bits per heavy atom. The summed E-state index contributed by atoms with van der Waals surface area (Å²) in [6.45, 7) is 0.419. The maximum Gasteiger partial charge on any atom is 0.356 e. The van der Waals surface area contributed by atoms with Gasteiger partial charge < -0.3 is 9.84 Å². The van der Waals surface area contributed by atoms with Crippen molar-refractivity contribution in [3.05, 3.63) is 86.9 Å². The summed E-state index contributed by atoms with van der Waals surface area (Å²) in [5.41, 5.74) is 4.67. The summed E-state index contributed by atoms with van der Waals surface area (Å²) in [6, 6.07) is 13.5. The molecule has 0 amide bonds. The maximum atomic E-state index is 11.3. The molecule has 0 saturated carbocycles. The van der Waals surface area contributed by atoms with Crippen molar-refractivity contribution in [3.8, 4) is 5.75 Å². The van der Waals surface area contributed by atoms with E-state index in [1.807, 2.05) is 42.5 Å². The molecule has 0 unspecified atom stereocenters. The lowest BCUT2D eigenvalue weighted by atomic mass is 9.99. The first-order chi connectivity index (χ1) is 14.5. The van der Waals surface area contributed by atoms with Crippen molar-refractivity contribution in [2.24, 2.45) is 0 Å². The van der Waals surface area contributed by atoms with Gasteiger partial charge in [0.25, 0.3) is 0 Å². The summed E-state index contributed by atoms with van der Waals surface area (Å²) in [5.74, 6) is -0.316. The number of aromatic carboxylic acids is 1. The standard InChI is InChI=1S/C23H18BrClN2O3/c24-15-6-9-22(30-13-14-4-7-16(25)8-5-14)19(10-15)17-2-1-3-18(17)20-11-26-12-21(27-20)23(28)29/h4-12H,1-3,13H2,(H,28,29). The third kappa shape index (κ3) is 4.55. The number of benzene rings is 2. The van der Waals surface area contributed by atoms with Crippen LogP contribution in [0.3, 0.4) is 0 Å². The smallest absolute Gasteiger partial charge is 0.356 e. The van der Waals surface area contributed by atoms with Gasteiger partial charge in [0.1, 0.15) is 12.4 Å². The summed E-state index contributed by atoms with van der Waals surface area (Å²) in [5, 5.41) is 9.95. The second-order valence-corrected chi connectivity index (χ2v) is 8.31. The van der Waals surface area contributed by atoms with Crippen molar-refractivity contribution < 1.29 is 14.6 Å². The van der Waals surface area contributed by atoms with Gasteiger partial charge in [-0.25, -0.2) is 9.78 Å². The van der Waals surface area contributed by atoms with Crippen molar-refractivity contribution in [1.29, 1.82) is 0 Å². The molecule has 1 aromatic heterocycles. The van der Waals surface area contributed by atoms with Crippen LogP contribution in [0, 0.1) is 0 Å². The highest BCUT2D eigenvalue weighted by Crippen LogP contribution is 2.43. The van der Waals surface area contributed by atoms with E-state index in [4.69, 9.17) is 16.3 Å². The molecule has 0 aliphatic heterocycles. The minimum atomic E-state index is -1.08. The van der Waals surface area contributed by atoms with Crippen LogP contribution in [-0.4, -0.2) is 21.0 Å². The van der Waals surface area contributed by atoms with Crippen molar-refractivity contribution >= 4 is 44.6 Å². The van der Waals surface area contributed by atoms with E-state index in [1.54, 1.807) is 6.20 Å². The topological polar surface area (TPSA) is 72.3 Å². The first-order valence-corrected chi connectivity index (χ1v) is 10.6. The van der Waals surface area contributed by atoms with Crippen LogP contribution < -0.4 is 4.74 Å². The van der Waals surface area contributed by atoms with Gasteiger partial charge in [-0.3, -0.25) is 4.98 Å². The molecule has 7 heteroatoms. The average Bonchev–Trinajstić information content (AvgIpc) is 3.24. The SMILES string of the molecule is O=C(O)c1cncc(C2=C(c3cc(Br)ccc3OCc3ccc(Cl)cc3)CCC2)n1. The van der Waals surface area contributed by atoms with Gasteiger partial charge in [0.2, 0.25) is 0 Å². The summed E-state index contributed by atoms with van der Waals surface area (Å²) < 4.78 is 7.09.